The van der Waals surface area contributed by atoms with Crippen molar-refractivity contribution in [1.82, 2.24) is 4.98 Å². The van der Waals surface area contributed by atoms with Crippen LogP contribution in [-0.2, 0) is 9.53 Å². The Bertz CT molecular complexity index is 465. The number of ether oxygens (including phenoxy) is 1. The lowest BCUT2D eigenvalue weighted by Crippen LogP contribution is -2.22. The van der Waals surface area contributed by atoms with Gasteiger partial charge in [-0.15, -0.1) is 0 Å². The Morgan fingerprint density at radius 1 is 1.50 bits per heavy atom. The van der Waals surface area contributed by atoms with E-state index in [2.05, 4.69) is 10.3 Å². The SMILES string of the molecule is Cc1cc(Cl)nc(Cl)c1NC(=O)CCC1CCCCO1. The standard InChI is InChI=1S/C14H18Cl2N2O2/c1-9-8-11(15)17-14(16)13(9)18-12(19)6-5-10-4-2-3-7-20-10/h8,10H,2-7H2,1H3,(H,18,19). The normalized spacial score (nSPS) is 18.9. The second kappa shape index (κ2) is 7.25. The summed E-state index contributed by atoms with van der Waals surface area (Å²) < 4.78 is 5.61. The molecule has 0 spiro atoms. The van der Waals surface area contributed by atoms with Gasteiger partial charge < -0.3 is 10.1 Å². The molecule has 1 aromatic rings. The van der Waals surface area contributed by atoms with E-state index in [0.29, 0.717) is 17.3 Å². The Balaban J connectivity index is 1.88. The number of carbonyl (C=O) groups is 1. The molecule has 0 saturated carbocycles. The molecule has 1 N–H and O–H groups in total. The second-order valence-corrected chi connectivity index (χ2v) is 5.75. The molecule has 4 nitrogen and oxygen atoms in total. The van der Waals surface area contributed by atoms with Gasteiger partial charge in [-0.2, -0.15) is 0 Å². The van der Waals surface area contributed by atoms with Crippen LogP contribution in [0.2, 0.25) is 10.3 Å². The number of carbonyl (C=O) groups excluding carboxylic acids is 1. The molecule has 0 aliphatic carbocycles. The molecule has 1 unspecified atom stereocenters. The van der Waals surface area contributed by atoms with Crippen LogP contribution in [0.4, 0.5) is 5.69 Å². The van der Waals surface area contributed by atoms with E-state index in [-0.39, 0.29) is 17.2 Å². The number of hydrogen-bond acceptors (Lipinski definition) is 3. The number of anilines is 1. The van der Waals surface area contributed by atoms with E-state index in [1.54, 1.807) is 6.07 Å². The van der Waals surface area contributed by atoms with Crippen LogP contribution in [0.15, 0.2) is 6.07 Å². The molecule has 20 heavy (non-hydrogen) atoms. The monoisotopic (exact) mass is 316 g/mol. The molecule has 2 rings (SSSR count). The van der Waals surface area contributed by atoms with Gasteiger partial charge in [0.05, 0.1) is 11.8 Å². The third-order valence-electron chi connectivity index (χ3n) is 3.37. The molecule has 1 aliphatic heterocycles. The number of rotatable bonds is 4. The van der Waals surface area contributed by atoms with Gasteiger partial charge in [-0.1, -0.05) is 23.2 Å². The smallest absolute Gasteiger partial charge is 0.224 e. The number of pyridine rings is 1. The minimum Gasteiger partial charge on any atom is -0.378 e. The van der Waals surface area contributed by atoms with Crippen LogP contribution in [0.25, 0.3) is 0 Å². The molecular formula is C14H18Cl2N2O2. The third kappa shape index (κ3) is 4.33. The van der Waals surface area contributed by atoms with Gasteiger partial charge in [0.1, 0.15) is 5.15 Å². The summed E-state index contributed by atoms with van der Waals surface area (Å²) in [6.07, 6.45) is 4.70. The first-order valence-corrected chi connectivity index (χ1v) is 7.56. The highest BCUT2D eigenvalue weighted by Gasteiger charge is 2.16. The molecule has 1 fully saturated rings. The van der Waals surface area contributed by atoms with Gasteiger partial charge in [0, 0.05) is 13.0 Å². The number of halogens is 2. The maximum absolute atomic E-state index is 12.0. The highest BCUT2D eigenvalue weighted by Crippen LogP contribution is 2.27. The zero-order valence-corrected chi connectivity index (χ0v) is 12.9. The summed E-state index contributed by atoms with van der Waals surface area (Å²) in [5, 5.41) is 3.34. The minimum atomic E-state index is -0.0757. The van der Waals surface area contributed by atoms with Crippen LogP contribution >= 0.6 is 23.2 Å². The molecule has 2 heterocycles. The largest absolute Gasteiger partial charge is 0.378 e. The van der Waals surface area contributed by atoms with Crippen molar-refractivity contribution in [3.8, 4) is 0 Å². The van der Waals surface area contributed by atoms with E-state index in [9.17, 15) is 4.79 Å². The van der Waals surface area contributed by atoms with Crippen LogP contribution in [0.3, 0.4) is 0 Å². The fourth-order valence-electron chi connectivity index (χ4n) is 2.27. The first-order chi connectivity index (χ1) is 9.56. The van der Waals surface area contributed by atoms with Crippen molar-refractivity contribution in [2.45, 2.75) is 45.1 Å². The number of aryl methyl sites for hydroxylation is 1. The summed E-state index contributed by atoms with van der Waals surface area (Å²) in [5.41, 5.74) is 1.34. The fourth-order valence-corrected chi connectivity index (χ4v) is 2.85. The van der Waals surface area contributed by atoms with Gasteiger partial charge in [0.15, 0.2) is 5.15 Å². The van der Waals surface area contributed by atoms with Gasteiger partial charge in [-0.05, 0) is 44.2 Å². The zero-order chi connectivity index (χ0) is 14.5. The Labute approximate surface area is 128 Å². The second-order valence-electron chi connectivity index (χ2n) is 5.00. The number of nitrogens with zero attached hydrogens (tertiary/aromatic N) is 1. The average Bonchev–Trinajstić information content (AvgIpc) is 2.42. The summed E-state index contributed by atoms with van der Waals surface area (Å²) in [6, 6.07) is 1.67. The van der Waals surface area contributed by atoms with E-state index < -0.39 is 0 Å². The lowest BCUT2D eigenvalue weighted by atomic mass is 10.0. The summed E-state index contributed by atoms with van der Waals surface area (Å²) in [5.74, 6) is -0.0757. The molecular weight excluding hydrogens is 299 g/mol. The Morgan fingerprint density at radius 2 is 2.30 bits per heavy atom. The van der Waals surface area contributed by atoms with E-state index in [1.165, 1.54) is 6.42 Å². The zero-order valence-electron chi connectivity index (χ0n) is 11.4. The molecule has 1 aromatic heterocycles. The molecule has 0 aromatic carbocycles. The Kier molecular flexibility index (Phi) is 5.64. The van der Waals surface area contributed by atoms with Crippen molar-refractivity contribution >= 4 is 34.8 Å². The molecule has 1 aliphatic rings. The van der Waals surface area contributed by atoms with Crippen molar-refractivity contribution in [3.05, 3.63) is 21.9 Å². The van der Waals surface area contributed by atoms with Crippen molar-refractivity contribution < 1.29 is 9.53 Å². The van der Waals surface area contributed by atoms with Gasteiger partial charge in [0.25, 0.3) is 0 Å². The van der Waals surface area contributed by atoms with Crippen molar-refractivity contribution in [2.24, 2.45) is 0 Å². The first kappa shape index (κ1) is 15.5. The first-order valence-electron chi connectivity index (χ1n) is 6.80. The number of hydrogen-bond donors (Lipinski definition) is 1. The van der Waals surface area contributed by atoms with E-state index >= 15 is 0 Å². The predicted octanol–water partition coefficient (Wildman–Crippen LogP) is 3.98. The highest BCUT2D eigenvalue weighted by atomic mass is 35.5. The lowest BCUT2D eigenvalue weighted by Gasteiger charge is -2.22. The Hall–Kier alpha value is -0.840. The molecule has 1 amide bonds. The fraction of sp³-hybridized carbons (Fsp3) is 0.571. The molecule has 6 heteroatoms. The summed E-state index contributed by atoms with van der Waals surface area (Å²) in [6.45, 7) is 2.64. The van der Waals surface area contributed by atoms with Crippen molar-refractivity contribution in [1.29, 1.82) is 0 Å². The summed E-state index contributed by atoms with van der Waals surface area (Å²) >= 11 is 11.8. The predicted molar refractivity (Wildman–Crippen MR) is 80.4 cm³/mol. The van der Waals surface area contributed by atoms with E-state index in [0.717, 1.165) is 31.4 Å². The molecule has 1 atom stereocenters. The maximum Gasteiger partial charge on any atom is 0.224 e. The third-order valence-corrected chi connectivity index (χ3v) is 3.84. The molecule has 110 valence electrons. The lowest BCUT2D eigenvalue weighted by molar-refractivity contribution is -0.117. The summed E-state index contributed by atoms with van der Waals surface area (Å²) in [7, 11) is 0. The average molecular weight is 317 g/mol. The van der Waals surface area contributed by atoms with Crippen LogP contribution in [0.1, 0.15) is 37.7 Å². The van der Waals surface area contributed by atoms with Crippen LogP contribution in [-0.4, -0.2) is 23.6 Å². The van der Waals surface area contributed by atoms with Gasteiger partial charge in [-0.25, -0.2) is 4.98 Å². The van der Waals surface area contributed by atoms with Crippen LogP contribution in [0.5, 0.6) is 0 Å². The van der Waals surface area contributed by atoms with Crippen molar-refractivity contribution in [2.75, 3.05) is 11.9 Å². The van der Waals surface area contributed by atoms with Crippen LogP contribution in [0, 0.1) is 6.92 Å². The van der Waals surface area contributed by atoms with E-state index in [1.807, 2.05) is 6.92 Å². The Morgan fingerprint density at radius 3 is 2.95 bits per heavy atom. The molecule has 1 saturated heterocycles. The van der Waals surface area contributed by atoms with Crippen molar-refractivity contribution in [3.63, 3.8) is 0 Å². The minimum absolute atomic E-state index is 0.0757. The van der Waals surface area contributed by atoms with Gasteiger partial charge in [-0.3, -0.25) is 4.79 Å². The van der Waals surface area contributed by atoms with Gasteiger partial charge >= 0.3 is 0 Å². The number of nitrogens with one attached hydrogen (secondary N) is 1. The van der Waals surface area contributed by atoms with E-state index in [4.69, 9.17) is 27.9 Å². The number of amides is 1. The quantitative estimate of drug-likeness (QED) is 0.855. The molecule has 0 bridgehead atoms. The summed E-state index contributed by atoms with van der Waals surface area (Å²) in [4.78, 5) is 15.9. The molecule has 0 radical (unpaired) electrons. The number of aromatic nitrogens is 1. The van der Waals surface area contributed by atoms with Gasteiger partial charge in [0.2, 0.25) is 5.91 Å². The topological polar surface area (TPSA) is 51.2 Å². The highest BCUT2D eigenvalue weighted by molar-refractivity contribution is 6.34. The van der Waals surface area contributed by atoms with Crippen LogP contribution < -0.4 is 5.32 Å². The maximum atomic E-state index is 12.0.